The maximum atomic E-state index is 13.9. The van der Waals surface area contributed by atoms with Gasteiger partial charge >= 0.3 is 5.69 Å². The molecule has 0 bridgehead atoms. The monoisotopic (exact) mass is 276 g/mol. The minimum absolute atomic E-state index is 0.218. The minimum atomic E-state index is -1.82. The first-order chi connectivity index (χ1) is 8.39. The number of halogens is 1. The van der Waals surface area contributed by atoms with E-state index in [9.17, 15) is 14.3 Å². The third-order valence-electron chi connectivity index (χ3n) is 3.03. The van der Waals surface area contributed by atoms with Gasteiger partial charge in [0.2, 0.25) is 0 Å². The van der Waals surface area contributed by atoms with Crippen molar-refractivity contribution in [2.45, 2.75) is 31.0 Å². The Hall–Kier alpha value is -1.09. The Bertz CT molecular complexity index is 559. The van der Waals surface area contributed by atoms with Crippen molar-refractivity contribution in [2.24, 2.45) is 0 Å². The number of aromatic amines is 1. The van der Waals surface area contributed by atoms with Crippen LogP contribution in [-0.2, 0) is 4.74 Å². The number of rotatable bonds is 2. The summed E-state index contributed by atoms with van der Waals surface area (Å²) in [6, 6.07) is 1.41. The maximum absolute atomic E-state index is 13.9. The minimum Gasteiger partial charge on any atom is -0.393 e. The summed E-state index contributed by atoms with van der Waals surface area (Å²) in [5.74, 6) is 0. The molecule has 0 unspecified atom stereocenters. The standard InChI is InChI=1S/C10H13FN2O4S/c1-10(4-14)7(15)6(11)8(17-10)13-3-2-5(18)12-9(13)16/h2-3,6-8,14-15H,4H2,1H3,(H,12,16,18)/t6-,7+,8+,10+/m0/s1. The number of ether oxygens (including phenoxy) is 1. The van der Waals surface area contributed by atoms with Crippen molar-refractivity contribution in [2.75, 3.05) is 6.61 Å². The Kier molecular flexibility index (Phi) is 3.37. The highest BCUT2D eigenvalue weighted by molar-refractivity contribution is 7.71. The quantitative estimate of drug-likeness (QED) is 0.656. The van der Waals surface area contributed by atoms with E-state index in [0.717, 1.165) is 4.57 Å². The lowest BCUT2D eigenvalue weighted by Crippen LogP contribution is -2.42. The summed E-state index contributed by atoms with van der Waals surface area (Å²) in [5.41, 5.74) is -2.07. The van der Waals surface area contributed by atoms with Gasteiger partial charge in [0.15, 0.2) is 12.4 Å². The molecular formula is C10H13FN2O4S. The number of aromatic nitrogens is 2. The largest absolute Gasteiger partial charge is 0.393 e. The number of hydrogen-bond acceptors (Lipinski definition) is 5. The molecule has 2 heterocycles. The highest BCUT2D eigenvalue weighted by Gasteiger charge is 2.53. The fraction of sp³-hybridized carbons (Fsp3) is 0.600. The van der Waals surface area contributed by atoms with Crippen molar-refractivity contribution in [3.05, 3.63) is 27.4 Å². The molecule has 0 aromatic carbocycles. The summed E-state index contributed by atoms with van der Waals surface area (Å²) >= 11 is 4.76. The average Bonchev–Trinajstić information content (AvgIpc) is 2.55. The predicted molar refractivity (Wildman–Crippen MR) is 62.4 cm³/mol. The van der Waals surface area contributed by atoms with Gasteiger partial charge in [-0.1, -0.05) is 12.2 Å². The van der Waals surface area contributed by atoms with Gasteiger partial charge in [0.1, 0.15) is 16.3 Å². The van der Waals surface area contributed by atoms with Crippen LogP contribution < -0.4 is 5.69 Å². The second kappa shape index (κ2) is 4.54. The first-order valence-corrected chi connectivity index (χ1v) is 5.72. The third-order valence-corrected chi connectivity index (χ3v) is 3.27. The molecular weight excluding hydrogens is 263 g/mol. The van der Waals surface area contributed by atoms with Gasteiger partial charge in [-0.25, -0.2) is 9.18 Å². The molecule has 0 radical (unpaired) electrons. The molecule has 1 saturated heterocycles. The zero-order valence-corrected chi connectivity index (χ0v) is 10.4. The van der Waals surface area contributed by atoms with E-state index in [0.29, 0.717) is 0 Å². The fourth-order valence-electron chi connectivity index (χ4n) is 1.87. The Morgan fingerprint density at radius 2 is 2.39 bits per heavy atom. The molecule has 1 aromatic rings. The smallest absolute Gasteiger partial charge is 0.328 e. The molecule has 100 valence electrons. The van der Waals surface area contributed by atoms with E-state index in [-0.39, 0.29) is 4.64 Å². The number of nitrogens with zero attached hydrogens (tertiary/aromatic N) is 1. The summed E-state index contributed by atoms with van der Waals surface area (Å²) in [4.78, 5) is 14.0. The summed E-state index contributed by atoms with van der Waals surface area (Å²) in [6.45, 7) is 0.823. The third kappa shape index (κ3) is 2.01. The van der Waals surface area contributed by atoms with E-state index in [1.807, 2.05) is 0 Å². The number of alkyl halides is 1. The zero-order valence-electron chi connectivity index (χ0n) is 9.54. The van der Waals surface area contributed by atoms with Crippen LogP contribution in [0.5, 0.6) is 0 Å². The van der Waals surface area contributed by atoms with E-state index in [1.165, 1.54) is 19.2 Å². The van der Waals surface area contributed by atoms with Gasteiger partial charge in [0, 0.05) is 6.20 Å². The highest BCUT2D eigenvalue weighted by Crippen LogP contribution is 2.37. The van der Waals surface area contributed by atoms with E-state index in [2.05, 4.69) is 4.98 Å². The Morgan fingerprint density at radius 1 is 1.72 bits per heavy atom. The van der Waals surface area contributed by atoms with Crippen LogP contribution in [-0.4, -0.2) is 44.2 Å². The van der Waals surface area contributed by atoms with Gasteiger partial charge < -0.3 is 14.9 Å². The molecule has 18 heavy (non-hydrogen) atoms. The van der Waals surface area contributed by atoms with Crippen LogP contribution in [0, 0.1) is 4.64 Å². The lowest BCUT2D eigenvalue weighted by atomic mass is 9.99. The number of nitrogens with one attached hydrogen (secondary N) is 1. The number of aliphatic hydroxyl groups excluding tert-OH is 2. The normalized spacial score (nSPS) is 35.9. The molecule has 4 atom stereocenters. The van der Waals surface area contributed by atoms with Crippen molar-refractivity contribution >= 4 is 12.2 Å². The van der Waals surface area contributed by atoms with E-state index >= 15 is 0 Å². The summed E-state index contributed by atoms with van der Waals surface area (Å²) in [6.07, 6.45) is -3.34. The molecule has 0 aliphatic carbocycles. The lowest BCUT2D eigenvalue weighted by molar-refractivity contribution is -0.117. The first-order valence-electron chi connectivity index (χ1n) is 5.31. The first kappa shape index (κ1) is 13.3. The van der Waals surface area contributed by atoms with Crippen LogP contribution in [0.15, 0.2) is 17.1 Å². The predicted octanol–water partition coefficient (Wildman–Crippen LogP) is -0.115. The summed E-state index contributed by atoms with van der Waals surface area (Å²) in [7, 11) is 0. The molecule has 1 aliphatic heterocycles. The van der Waals surface area contributed by atoms with Crippen molar-refractivity contribution in [3.63, 3.8) is 0 Å². The number of hydrogen-bond donors (Lipinski definition) is 3. The second-order valence-electron chi connectivity index (χ2n) is 4.39. The zero-order chi connectivity index (χ0) is 13.5. The van der Waals surface area contributed by atoms with Gasteiger partial charge in [-0.3, -0.25) is 9.55 Å². The SMILES string of the molecule is C[C@]1(CO)O[C@@H](n2ccc(=S)[nH]c2=O)[C@@H](F)[C@H]1O. The summed E-state index contributed by atoms with van der Waals surface area (Å²) in [5, 5.41) is 18.8. The van der Waals surface area contributed by atoms with E-state index < -0.39 is 36.4 Å². The van der Waals surface area contributed by atoms with Crippen molar-refractivity contribution in [3.8, 4) is 0 Å². The fourth-order valence-corrected chi connectivity index (χ4v) is 2.02. The van der Waals surface area contributed by atoms with Crippen molar-refractivity contribution in [1.29, 1.82) is 0 Å². The van der Waals surface area contributed by atoms with Crippen LogP contribution in [0.4, 0.5) is 4.39 Å². The summed E-state index contributed by atoms with van der Waals surface area (Å²) < 4.78 is 20.4. The van der Waals surface area contributed by atoms with Crippen molar-refractivity contribution in [1.82, 2.24) is 9.55 Å². The topological polar surface area (TPSA) is 87.5 Å². The average molecular weight is 276 g/mol. The van der Waals surface area contributed by atoms with Crippen molar-refractivity contribution < 1.29 is 19.3 Å². The lowest BCUT2D eigenvalue weighted by Gasteiger charge is -2.24. The molecule has 0 saturated carbocycles. The molecule has 1 fully saturated rings. The Balaban J connectivity index is 2.41. The second-order valence-corrected chi connectivity index (χ2v) is 4.83. The molecule has 1 aromatic heterocycles. The van der Waals surface area contributed by atoms with Gasteiger partial charge in [-0.15, -0.1) is 0 Å². The van der Waals surface area contributed by atoms with Gasteiger partial charge in [-0.2, -0.15) is 0 Å². The van der Waals surface area contributed by atoms with Gasteiger partial charge in [-0.05, 0) is 13.0 Å². The molecule has 0 amide bonds. The van der Waals surface area contributed by atoms with Crippen LogP contribution in [0.25, 0.3) is 0 Å². The van der Waals surface area contributed by atoms with E-state index in [4.69, 9.17) is 22.1 Å². The number of aliphatic hydroxyl groups is 2. The Labute approximate surface area is 107 Å². The van der Waals surface area contributed by atoms with Crippen LogP contribution in [0.2, 0.25) is 0 Å². The Morgan fingerprint density at radius 3 is 2.89 bits per heavy atom. The van der Waals surface area contributed by atoms with Crippen LogP contribution >= 0.6 is 12.2 Å². The molecule has 3 N–H and O–H groups in total. The van der Waals surface area contributed by atoms with Gasteiger partial charge in [0.25, 0.3) is 0 Å². The van der Waals surface area contributed by atoms with Crippen LogP contribution in [0.3, 0.4) is 0 Å². The number of H-pyrrole nitrogens is 1. The van der Waals surface area contributed by atoms with E-state index in [1.54, 1.807) is 0 Å². The molecule has 8 heteroatoms. The van der Waals surface area contributed by atoms with Gasteiger partial charge in [0.05, 0.1) is 6.61 Å². The van der Waals surface area contributed by atoms with Crippen LogP contribution in [0.1, 0.15) is 13.2 Å². The maximum Gasteiger partial charge on any atom is 0.328 e. The molecule has 6 nitrogen and oxygen atoms in total. The molecule has 0 spiro atoms. The highest BCUT2D eigenvalue weighted by atomic mass is 32.1. The molecule has 1 aliphatic rings. The molecule has 2 rings (SSSR count).